The van der Waals surface area contributed by atoms with Gasteiger partial charge in [-0.3, -0.25) is 14.3 Å². The Hall–Kier alpha value is -3.15. The maximum Gasteiger partial charge on any atom is 0.222 e. The van der Waals surface area contributed by atoms with Crippen molar-refractivity contribution >= 4 is 16.8 Å². The molecule has 28 heavy (non-hydrogen) atoms. The second-order valence-electron chi connectivity index (χ2n) is 7.06. The number of nitrogens with one attached hydrogen (secondary N) is 1. The zero-order chi connectivity index (χ0) is 20.1. The Bertz CT molecular complexity index is 1010. The number of amides is 1. The monoisotopic (exact) mass is 379 g/mol. The molecule has 0 aliphatic rings. The van der Waals surface area contributed by atoms with E-state index in [4.69, 9.17) is 4.74 Å². The summed E-state index contributed by atoms with van der Waals surface area (Å²) in [4.78, 5) is 24.5. The molecule has 1 N–H and O–H groups in total. The van der Waals surface area contributed by atoms with Crippen molar-refractivity contribution in [1.82, 2.24) is 15.1 Å². The van der Waals surface area contributed by atoms with Gasteiger partial charge in [0.1, 0.15) is 5.75 Å². The Morgan fingerprint density at radius 2 is 1.86 bits per heavy atom. The molecule has 0 bridgehead atoms. The number of hydrogen-bond donors (Lipinski definition) is 1. The third kappa shape index (κ3) is 4.39. The highest BCUT2D eigenvalue weighted by molar-refractivity contribution is 5.79. The van der Waals surface area contributed by atoms with Crippen LogP contribution >= 0.6 is 0 Å². The van der Waals surface area contributed by atoms with Crippen LogP contribution in [0.2, 0.25) is 0 Å². The van der Waals surface area contributed by atoms with Crippen LogP contribution in [-0.2, 0) is 11.3 Å². The molecule has 0 unspecified atom stereocenters. The molecule has 3 rings (SSSR count). The van der Waals surface area contributed by atoms with E-state index in [0.29, 0.717) is 11.9 Å². The molecule has 0 aliphatic heterocycles. The quantitative estimate of drug-likeness (QED) is 0.684. The minimum absolute atomic E-state index is 0.0564. The molecule has 1 amide bonds. The fourth-order valence-electron chi connectivity index (χ4n) is 3.24. The molecule has 3 aromatic rings. The first-order valence-corrected chi connectivity index (χ1v) is 9.37. The van der Waals surface area contributed by atoms with Crippen molar-refractivity contribution in [1.29, 1.82) is 0 Å². The molecule has 0 aliphatic carbocycles. The van der Waals surface area contributed by atoms with E-state index >= 15 is 0 Å². The summed E-state index contributed by atoms with van der Waals surface area (Å²) >= 11 is 0. The molecule has 146 valence electrons. The van der Waals surface area contributed by atoms with Crippen LogP contribution in [0.1, 0.15) is 31.9 Å². The summed E-state index contributed by atoms with van der Waals surface area (Å²) in [6.45, 7) is 4.55. The number of nitrogens with zero attached hydrogens (tertiary/aromatic N) is 2. The van der Waals surface area contributed by atoms with Gasteiger partial charge in [0.15, 0.2) is 0 Å². The van der Waals surface area contributed by atoms with Crippen LogP contribution in [0.4, 0.5) is 0 Å². The maximum absolute atomic E-state index is 12.6. The highest BCUT2D eigenvalue weighted by Crippen LogP contribution is 2.24. The fourth-order valence-corrected chi connectivity index (χ4v) is 3.24. The zero-order valence-corrected chi connectivity index (χ0v) is 16.4. The number of aryl methyl sites for hydroxylation is 1. The lowest BCUT2D eigenvalue weighted by molar-refractivity contribution is -0.122. The molecule has 0 spiro atoms. The Morgan fingerprint density at radius 3 is 2.54 bits per heavy atom. The average Bonchev–Trinajstić information content (AvgIpc) is 2.71. The van der Waals surface area contributed by atoms with Gasteiger partial charge < -0.3 is 10.1 Å². The van der Waals surface area contributed by atoms with Gasteiger partial charge in [0.05, 0.1) is 31.4 Å². The van der Waals surface area contributed by atoms with E-state index in [1.807, 2.05) is 42.5 Å². The summed E-state index contributed by atoms with van der Waals surface area (Å²) in [5.41, 5.74) is 1.66. The number of rotatable bonds is 7. The van der Waals surface area contributed by atoms with E-state index in [1.165, 1.54) is 6.20 Å². The van der Waals surface area contributed by atoms with Crippen molar-refractivity contribution in [3.8, 4) is 5.75 Å². The summed E-state index contributed by atoms with van der Waals surface area (Å²) in [7, 11) is 1.63. The minimum atomic E-state index is -0.115. The van der Waals surface area contributed by atoms with E-state index in [1.54, 1.807) is 17.9 Å². The van der Waals surface area contributed by atoms with Gasteiger partial charge in [0.2, 0.25) is 11.3 Å². The number of para-hydroxylation sites is 1. The summed E-state index contributed by atoms with van der Waals surface area (Å²) in [5.74, 6) is 0.969. The van der Waals surface area contributed by atoms with Crippen LogP contribution in [0.5, 0.6) is 5.75 Å². The van der Waals surface area contributed by atoms with Crippen molar-refractivity contribution in [3.63, 3.8) is 0 Å². The number of carbonyl (C=O) groups is 1. The highest BCUT2D eigenvalue weighted by atomic mass is 16.5. The van der Waals surface area contributed by atoms with Crippen LogP contribution in [0.25, 0.3) is 10.9 Å². The van der Waals surface area contributed by atoms with Crippen molar-refractivity contribution < 1.29 is 9.53 Å². The van der Waals surface area contributed by atoms with Crippen LogP contribution in [0.15, 0.2) is 59.5 Å². The van der Waals surface area contributed by atoms with Crippen LogP contribution in [0.3, 0.4) is 0 Å². The van der Waals surface area contributed by atoms with Gasteiger partial charge in [0.25, 0.3) is 0 Å². The molecule has 0 saturated carbocycles. The van der Waals surface area contributed by atoms with Crippen molar-refractivity contribution in [2.75, 3.05) is 7.11 Å². The number of fused-ring (bicyclic) bond motifs is 1. The minimum Gasteiger partial charge on any atom is -0.497 e. The lowest BCUT2D eigenvalue weighted by atomic mass is 9.96. The molecular formula is C22H25N3O3. The van der Waals surface area contributed by atoms with Gasteiger partial charge in [-0.2, -0.15) is 5.10 Å². The molecule has 6 heteroatoms. The van der Waals surface area contributed by atoms with Crippen LogP contribution in [0, 0.1) is 5.92 Å². The molecule has 1 atom stereocenters. The predicted molar refractivity (Wildman–Crippen MR) is 109 cm³/mol. The second-order valence-corrected chi connectivity index (χ2v) is 7.06. The first-order chi connectivity index (χ1) is 13.5. The summed E-state index contributed by atoms with van der Waals surface area (Å²) in [5, 5.41) is 7.91. The Morgan fingerprint density at radius 1 is 1.14 bits per heavy atom. The van der Waals surface area contributed by atoms with Gasteiger partial charge in [0, 0.05) is 11.8 Å². The lowest BCUT2D eigenvalue weighted by Crippen LogP contribution is -2.32. The molecule has 1 heterocycles. The van der Waals surface area contributed by atoms with E-state index in [-0.39, 0.29) is 29.7 Å². The average molecular weight is 379 g/mol. The molecule has 0 fully saturated rings. The molecule has 2 aromatic carbocycles. The van der Waals surface area contributed by atoms with Crippen molar-refractivity contribution in [2.45, 2.75) is 32.9 Å². The first kappa shape index (κ1) is 19.6. The fraction of sp³-hybridized carbons (Fsp3) is 0.318. The lowest BCUT2D eigenvalue weighted by Gasteiger charge is -2.23. The topological polar surface area (TPSA) is 73.2 Å². The van der Waals surface area contributed by atoms with E-state index in [2.05, 4.69) is 24.3 Å². The van der Waals surface area contributed by atoms with E-state index < -0.39 is 0 Å². The number of carbonyl (C=O) groups excluding carboxylic acids is 1. The molecule has 1 aromatic heterocycles. The third-order valence-electron chi connectivity index (χ3n) is 4.77. The summed E-state index contributed by atoms with van der Waals surface area (Å²) < 4.78 is 6.90. The maximum atomic E-state index is 12.6. The normalized spacial score (nSPS) is 12.1. The Labute approximate surface area is 164 Å². The number of aromatic nitrogens is 2. The second kappa shape index (κ2) is 8.69. The van der Waals surface area contributed by atoms with Gasteiger partial charge in [-0.25, -0.2) is 0 Å². The predicted octanol–water partition coefficient (Wildman–Crippen LogP) is 3.31. The number of benzene rings is 2. The molecule has 6 nitrogen and oxygen atoms in total. The molecule has 0 radical (unpaired) electrons. The van der Waals surface area contributed by atoms with Crippen LogP contribution in [-0.4, -0.2) is 22.8 Å². The van der Waals surface area contributed by atoms with Crippen LogP contribution < -0.4 is 15.5 Å². The zero-order valence-electron chi connectivity index (χ0n) is 16.4. The molecular weight excluding hydrogens is 354 g/mol. The Balaban J connectivity index is 1.70. The summed E-state index contributed by atoms with van der Waals surface area (Å²) in [6, 6.07) is 14.9. The largest absolute Gasteiger partial charge is 0.497 e. The number of methoxy groups -OCH3 is 1. The van der Waals surface area contributed by atoms with Gasteiger partial charge >= 0.3 is 0 Å². The number of hydrogen-bond acceptors (Lipinski definition) is 4. The van der Waals surface area contributed by atoms with Gasteiger partial charge in [-0.1, -0.05) is 38.1 Å². The highest BCUT2D eigenvalue weighted by Gasteiger charge is 2.18. The van der Waals surface area contributed by atoms with E-state index in [9.17, 15) is 9.59 Å². The Kier molecular flexibility index (Phi) is 6.09. The number of ether oxygens (including phenoxy) is 1. The van der Waals surface area contributed by atoms with E-state index in [0.717, 1.165) is 16.8 Å². The smallest absolute Gasteiger partial charge is 0.222 e. The summed E-state index contributed by atoms with van der Waals surface area (Å²) in [6.07, 6.45) is 1.58. The van der Waals surface area contributed by atoms with Crippen molar-refractivity contribution in [3.05, 3.63) is 70.5 Å². The third-order valence-corrected chi connectivity index (χ3v) is 4.77. The first-order valence-electron chi connectivity index (χ1n) is 9.37. The van der Waals surface area contributed by atoms with Crippen molar-refractivity contribution in [2.24, 2.45) is 5.92 Å². The van der Waals surface area contributed by atoms with Gasteiger partial charge in [-0.15, -0.1) is 0 Å². The standard InChI is InChI=1S/C22H25N3O3/c1-15(2)22(16-8-10-17(28-3)11-9-16)24-21(27)12-13-25-19-7-5-4-6-18(19)20(26)14-23-25/h4-11,14-15,22H,12-13H2,1-3H3,(H,24,27)/t22-/m1/s1. The SMILES string of the molecule is COc1ccc([C@H](NC(=O)CCn2ncc(=O)c3ccccc32)C(C)C)cc1. The molecule has 0 saturated heterocycles. The van der Waals surface area contributed by atoms with Gasteiger partial charge in [-0.05, 0) is 35.7 Å².